The summed E-state index contributed by atoms with van der Waals surface area (Å²) in [6.45, 7) is 5.95. The maximum absolute atomic E-state index is 12.0. The van der Waals surface area contributed by atoms with Gasteiger partial charge in [-0.3, -0.25) is 4.79 Å². The number of nitrogens with one attached hydrogen (secondary N) is 1. The number of carbonyl (C=O) groups excluding carboxylic acids is 1. The van der Waals surface area contributed by atoms with Gasteiger partial charge in [-0.05, 0) is 50.6 Å². The van der Waals surface area contributed by atoms with Crippen molar-refractivity contribution in [1.82, 2.24) is 5.43 Å². The van der Waals surface area contributed by atoms with Crippen molar-refractivity contribution >= 4 is 23.2 Å². The average Bonchev–Trinajstić information content (AvgIpc) is 2.45. The first-order valence-corrected chi connectivity index (χ1v) is 7.03. The summed E-state index contributed by atoms with van der Waals surface area (Å²) in [6, 6.07) is 12.8. The molecule has 1 amide bonds. The Hall–Kier alpha value is -2.13. The standard InChI is InChI=1S/C17H17ClN2O/c1-11-4-9-16(12(2)10-11)13(3)19-20-17(21)14-5-7-15(18)8-6-14/h4-10H,1-3H3,(H,20,21). The van der Waals surface area contributed by atoms with Crippen LogP contribution in [0.5, 0.6) is 0 Å². The molecule has 2 aromatic carbocycles. The molecule has 2 rings (SSSR count). The van der Waals surface area contributed by atoms with Gasteiger partial charge in [-0.15, -0.1) is 0 Å². The Bertz CT molecular complexity index is 690. The maximum atomic E-state index is 12.0. The number of nitrogens with zero attached hydrogens (tertiary/aromatic N) is 1. The summed E-state index contributed by atoms with van der Waals surface area (Å²) in [5, 5.41) is 4.77. The quantitative estimate of drug-likeness (QED) is 0.672. The summed E-state index contributed by atoms with van der Waals surface area (Å²) in [5.41, 5.74) is 7.23. The molecule has 4 heteroatoms. The third kappa shape index (κ3) is 3.92. The van der Waals surface area contributed by atoms with Gasteiger partial charge in [0.2, 0.25) is 0 Å². The maximum Gasteiger partial charge on any atom is 0.271 e. The zero-order valence-corrected chi connectivity index (χ0v) is 13.0. The van der Waals surface area contributed by atoms with E-state index in [1.807, 2.05) is 32.9 Å². The molecule has 21 heavy (non-hydrogen) atoms. The summed E-state index contributed by atoms with van der Waals surface area (Å²) in [4.78, 5) is 12.0. The number of halogens is 1. The Kier molecular flexibility index (Phi) is 4.76. The second-order valence-electron chi connectivity index (χ2n) is 4.96. The van der Waals surface area contributed by atoms with Gasteiger partial charge in [0, 0.05) is 16.1 Å². The Balaban J connectivity index is 2.12. The van der Waals surface area contributed by atoms with Crippen LogP contribution < -0.4 is 5.43 Å². The molecule has 0 aliphatic rings. The van der Waals surface area contributed by atoms with Crippen molar-refractivity contribution in [3.8, 4) is 0 Å². The van der Waals surface area contributed by atoms with Gasteiger partial charge in [0.25, 0.3) is 5.91 Å². The molecular weight excluding hydrogens is 284 g/mol. The van der Waals surface area contributed by atoms with Crippen LogP contribution in [0, 0.1) is 13.8 Å². The fourth-order valence-electron chi connectivity index (χ4n) is 2.08. The van der Waals surface area contributed by atoms with Gasteiger partial charge in [0.15, 0.2) is 0 Å². The van der Waals surface area contributed by atoms with E-state index < -0.39 is 0 Å². The minimum absolute atomic E-state index is 0.254. The van der Waals surface area contributed by atoms with Crippen LogP contribution in [-0.2, 0) is 0 Å². The molecule has 0 spiro atoms. The lowest BCUT2D eigenvalue weighted by Crippen LogP contribution is -2.19. The number of amides is 1. The van der Waals surface area contributed by atoms with Crippen molar-refractivity contribution < 1.29 is 4.79 Å². The fraction of sp³-hybridized carbons (Fsp3) is 0.176. The number of hydrogen-bond donors (Lipinski definition) is 1. The van der Waals surface area contributed by atoms with Crippen molar-refractivity contribution in [3.63, 3.8) is 0 Å². The SMILES string of the molecule is CC(=NNC(=O)c1ccc(Cl)cc1)c1ccc(C)cc1C. The van der Waals surface area contributed by atoms with Crippen LogP contribution in [-0.4, -0.2) is 11.6 Å². The molecule has 2 aromatic rings. The van der Waals surface area contributed by atoms with Crippen LogP contribution in [0.2, 0.25) is 5.02 Å². The van der Waals surface area contributed by atoms with E-state index in [4.69, 9.17) is 11.6 Å². The first-order chi connectivity index (χ1) is 9.97. The molecule has 0 saturated heterocycles. The van der Waals surface area contributed by atoms with Gasteiger partial charge in [-0.25, -0.2) is 5.43 Å². The topological polar surface area (TPSA) is 41.5 Å². The van der Waals surface area contributed by atoms with E-state index in [2.05, 4.69) is 16.6 Å². The second kappa shape index (κ2) is 6.55. The molecule has 3 nitrogen and oxygen atoms in total. The number of carbonyl (C=O) groups is 1. The lowest BCUT2D eigenvalue weighted by atomic mass is 10.0. The first kappa shape index (κ1) is 15.3. The highest BCUT2D eigenvalue weighted by Crippen LogP contribution is 2.12. The Morgan fingerprint density at radius 3 is 2.38 bits per heavy atom. The molecule has 0 bridgehead atoms. The Morgan fingerprint density at radius 2 is 1.76 bits per heavy atom. The van der Waals surface area contributed by atoms with Crippen molar-refractivity contribution in [2.45, 2.75) is 20.8 Å². The van der Waals surface area contributed by atoms with E-state index in [-0.39, 0.29) is 5.91 Å². The summed E-state index contributed by atoms with van der Waals surface area (Å²) < 4.78 is 0. The number of hydrazone groups is 1. The molecule has 108 valence electrons. The van der Waals surface area contributed by atoms with Crippen molar-refractivity contribution in [1.29, 1.82) is 0 Å². The van der Waals surface area contributed by atoms with Crippen molar-refractivity contribution in [3.05, 3.63) is 69.7 Å². The molecule has 0 radical (unpaired) electrons. The minimum Gasteiger partial charge on any atom is -0.267 e. The van der Waals surface area contributed by atoms with Crippen LogP contribution >= 0.6 is 11.6 Å². The van der Waals surface area contributed by atoms with Gasteiger partial charge < -0.3 is 0 Å². The van der Waals surface area contributed by atoms with Crippen LogP contribution in [0.3, 0.4) is 0 Å². The lowest BCUT2D eigenvalue weighted by Gasteiger charge is -2.07. The molecule has 0 aliphatic carbocycles. The van der Waals surface area contributed by atoms with Gasteiger partial charge >= 0.3 is 0 Å². The van der Waals surface area contributed by atoms with Crippen molar-refractivity contribution in [2.24, 2.45) is 5.10 Å². The van der Waals surface area contributed by atoms with E-state index in [1.54, 1.807) is 24.3 Å². The molecule has 0 fully saturated rings. The fourth-order valence-corrected chi connectivity index (χ4v) is 2.21. The first-order valence-electron chi connectivity index (χ1n) is 6.65. The Morgan fingerprint density at radius 1 is 1.10 bits per heavy atom. The molecule has 1 N–H and O–H groups in total. The average molecular weight is 301 g/mol. The predicted molar refractivity (Wildman–Crippen MR) is 87.0 cm³/mol. The third-order valence-electron chi connectivity index (χ3n) is 3.20. The van der Waals surface area contributed by atoms with Gasteiger partial charge in [0.05, 0.1) is 5.71 Å². The summed E-state index contributed by atoms with van der Waals surface area (Å²) >= 11 is 5.79. The predicted octanol–water partition coefficient (Wildman–Crippen LogP) is 4.11. The van der Waals surface area contributed by atoms with Gasteiger partial charge in [0.1, 0.15) is 0 Å². The summed E-state index contributed by atoms with van der Waals surface area (Å²) in [6.07, 6.45) is 0. The molecule has 0 unspecified atom stereocenters. The summed E-state index contributed by atoms with van der Waals surface area (Å²) in [7, 11) is 0. The van der Waals surface area contributed by atoms with E-state index in [1.165, 1.54) is 5.56 Å². The molecule has 0 atom stereocenters. The smallest absolute Gasteiger partial charge is 0.267 e. The van der Waals surface area contributed by atoms with Crippen LogP contribution in [0.1, 0.15) is 34.0 Å². The van der Waals surface area contributed by atoms with E-state index >= 15 is 0 Å². The number of rotatable bonds is 3. The zero-order chi connectivity index (χ0) is 15.4. The van der Waals surface area contributed by atoms with Gasteiger partial charge in [-0.1, -0.05) is 35.4 Å². The van der Waals surface area contributed by atoms with E-state index in [0.29, 0.717) is 10.6 Å². The highest BCUT2D eigenvalue weighted by molar-refractivity contribution is 6.30. The highest BCUT2D eigenvalue weighted by Gasteiger charge is 2.06. The number of hydrogen-bond acceptors (Lipinski definition) is 2. The van der Waals surface area contributed by atoms with Crippen molar-refractivity contribution in [2.75, 3.05) is 0 Å². The van der Waals surface area contributed by atoms with Crippen LogP contribution in [0.15, 0.2) is 47.6 Å². The molecule has 0 heterocycles. The third-order valence-corrected chi connectivity index (χ3v) is 3.46. The minimum atomic E-state index is -0.254. The van der Waals surface area contributed by atoms with E-state index in [9.17, 15) is 4.79 Å². The van der Waals surface area contributed by atoms with Crippen LogP contribution in [0.4, 0.5) is 0 Å². The normalized spacial score (nSPS) is 11.3. The number of aryl methyl sites for hydroxylation is 2. The van der Waals surface area contributed by atoms with E-state index in [0.717, 1.165) is 16.8 Å². The Labute approximate surface area is 129 Å². The lowest BCUT2D eigenvalue weighted by molar-refractivity contribution is 0.0955. The second-order valence-corrected chi connectivity index (χ2v) is 5.40. The highest BCUT2D eigenvalue weighted by atomic mass is 35.5. The molecule has 0 aromatic heterocycles. The number of benzene rings is 2. The molecule has 0 aliphatic heterocycles. The largest absolute Gasteiger partial charge is 0.271 e. The zero-order valence-electron chi connectivity index (χ0n) is 12.3. The monoisotopic (exact) mass is 300 g/mol. The molecular formula is C17H17ClN2O. The van der Waals surface area contributed by atoms with Crippen LogP contribution in [0.25, 0.3) is 0 Å². The summed E-state index contributed by atoms with van der Waals surface area (Å²) in [5.74, 6) is -0.254. The van der Waals surface area contributed by atoms with Gasteiger partial charge in [-0.2, -0.15) is 5.10 Å². The molecule has 0 saturated carbocycles.